The zero-order valence-electron chi connectivity index (χ0n) is 15.0. The van der Waals surface area contributed by atoms with E-state index in [0.29, 0.717) is 12.5 Å². The van der Waals surface area contributed by atoms with E-state index < -0.39 is 0 Å². The summed E-state index contributed by atoms with van der Waals surface area (Å²) >= 11 is 0. The lowest BCUT2D eigenvalue weighted by Crippen LogP contribution is -2.23. The number of hydrogen-bond donors (Lipinski definition) is 3. The third-order valence-electron chi connectivity index (χ3n) is 4.96. The van der Waals surface area contributed by atoms with Gasteiger partial charge in [-0.1, -0.05) is 18.2 Å². The summed E-state index contributed by atoms with van der Waals surface area (Å²) in [4.78, 5) is 7.82. The molecule has 4 N–H and O–H groups in total. The van der Waals surface area contributed by atoms with E-state index in [-0.39, 0.29) is 24.0 Å². The largest absolute Gasteiger partial charge is 0.370 e. The van der Waals surface area contributed by atoms with Crippen LogP contribution in [0.4, 0.5) is 5.69 Å². The van der Waals surface area contributed by atoms with E-state index in [4.69, 9.17) is 5.73 Å². The fourth-order valence-electron chi connectivity index (χ4n) is 3.64. The Morgan fingerprint density at radius 1 is 1.15 bits per heavy atom. The molecule has 0 fully saturated rings. The van der Waals surface area contributed by atoms with Gasteiger partial charge in [-0.05, 0) is 73.1 Å². The first-order valence-corrected chi connectivity index (χ1v) is 8.94. The van der Waals surface area contributed by atoms with Crippen molar-refractivity contribution in [1.29, 1.82) is 0 Å². The number of nitrogens with one attached hydrogen (secondary N) is 2. The number of nitrogens with zero attached hydrogens (tertiary/aromatic N) is 1. The van der Waals surface area contributed by atoms with E-state index in [1.807, 2.05) is 0 Å². The third-order valence-corrected chi connectivity index (χ3v) is 4.96. The smallest absolute Gasteiger partial charge is 0.193 e. The second-order valence-corrected chi connectivity index (χ2v) is 6.84. The highest BCUT2D eigenvalue weighted by Crippen LogP contribution is 2.24. The van der Waals surface area contributed by atoms with Crippen molar-refractivity contribution >= 4 is 46.5 Å². The highest BCUT2D eigenvalue weighted by Gasteiger charge is 2.10. The molecule has 136 valence electrons. The fourth-order valence-corrected chi connectivity index (χ4v) is 3.64. The lowest BCUT2D eigenvalue weighted by molar-refractivity contribution is 0.912. The van der Waals surface area contributed by atoms with E-state index in [0.717, 1.165) is 12.1 Å². The van der Waals surface area contributed by atoms with Crippen LogP contribution in [-0.2, 0) is 19.3 Å². The first kappa shape index (κ1) is 18.8. The zero-order valence-corrected chi connectivity index (χ0v) is 17.3. The van der Waals surface area contributed by atoms with Crippen LogP contribution in [0.1, 0.15) is 28.7 Å². The van der Waals surface area contributed by atoms with Gasteiger partial charge < -0.3 is 16.0 Å². The van der Waals surface area contributed by atoms with Crippen molar-refractivity contribution < 1.29 is 0 Å². The van der Waals surface area contributed by atoms with Crippen LogP contribution in [0, 0.1) is 6.92 Å². The minimum atomic E-state index is 0. The van der Waals surface area contributed by atoms with Crippen molar-refractivity contribution in [2.24, 2.45) is 10.7 Å². The Kier molecular flexibility index (Phi) is 5.86. The van der Waals surface area contributed by atoms with Gasteiger partial charge >= 0.3 is 0 Å². The molecule has 2 aromatic carbocycles. The molecule has 0 atom stereocenters. The molecule has 0 bridgehead atoms. The summed E-state index contributed by atoms with van der Waals surface area (Å²) in [5, 5.41) is 4.49. The van der Waals surface area contributed by atoms with Crippen molar-refractivity contribution in [3.05, 3.63) is 64.8 Å². The second kappa shape index (κ2) is 8.12. The van der Waals surface area contributed by atoms with Gasteiger partial charge in [-0.15, -0.1) is 24.0 Å². The summed E-state index contributed by atoms with van der Waals surface area (Å²) in [7, 11) is 0. The molecule has 26 heavy (non-hydrogen) atoms. The number of anilines is 1. The van der Waals surface area contributed by atoms with Crippen molar-refractivity contribution in [2.75, 3.05) is 11.9 Å². The van der Waals surface area contributed by atoms with Crippen LogP contribution >= 0.6 is 24.0 Å². The van der Waals surface area contributed by atoms with Crippen LogP contribution in [0.3, 0.4) is 0 Å². The third kappa shape index (κ3) is 4.03. The van der Waals surface area contributed by atoms with Crippen LogP contribution in [-0.4, -0.2) is 17.5 Å². The van der Waals surface area contributed by atoms with E-state index in [1.165, 1.54) is 52.4 Å². The maximum absolute atomic E-state index is 6.05. The molecule has 1 aliphatic rings. The number of hydrogen-bond acceptors (Lipinski definition) is 1. The van der Waals surface area contributed by atoms with Gasteiger partial charge in [0.25, 0.3) is 0 Å². The van der Waals surface area contributed by atoms with Gasteiger partial charge in [-0.3, -0.25) is 4.99 Å². The molecule has 1 aliphatic carbocycles. The Morgan fingerprint density at radius 3 is 2.88 bits per heavy atom. The van der Waals surface area contributed by atoms with Crippen molar-refractivity contribution in [1.82, 2.24) is 4.98 Å². The SMILES string of the molecule is Cc1ccc2c(CCN=C(N)Nc3ccc4c(c3)CCC4)c[nH]c2c1.I. The Morgan fingerprint density at radius 2 is 2.00 bits per heavy atom. The predicted molar refractivity (Wildman–Crippen MR) is 121 cm³/mol. The highest BCUT2D eigenvalue weighted by molar-refractivity contribution is 14.0. The average molecular weight is 460 g/mol. The molecule has 1 heterocycles. The summed E-state index contributed by atoms with van der Waals surface area (Å²) in [5.41, 5.74) is 13.7. The normalized spacial score (nSPS) is 13.5. The van der Waals surface area contributed by atoms with Gasteiger partial charge in [-0.2, -0.15) is 0 Å². The average Bonchev–Trinajstić information content (AvgIpc) is 3.21. The zero-order chi connectivity index (χ0) is 17.2. The molecule has 0 radical (unpaired) electrons. The van der Waals surface area contributed by atoms with E-state index in [2.05, 4.69) is 64.8 Å². The summed E-state index contributed by atoms with van der Waals surface area (Å²) in [6, 6.07) is 13.0. The molecule has 0 aliphatic heterocycles. The minimum absolute atomic E-state index is 0. The Bertz CT molecular complexity index is 942. The Hall–Kier alpha value is -2.02. The number of nitrogens with two attached hydrogens (primary N) is 1. The maximum atomic E-state index is 6.05. The number of fused-ring (bicyclic) bond motifs is 2. The van der Waals surface area contributed by atoms with Gasteiger partial charge in [0.1, 0.15) is 0 Å². The fraction of sp³-hybridized carbons (Fsp3) is 0.286. The molecule has 0 amide bonds. The van der Waals surface area contributed by atoms with Crippen LogP contribution in [0.15, 0.2) is 47.6 Å². The number of aromatic nitrogens is 1. The molecule has 4 rings (SSSR count). The molecule has 0 unspecified atom stereocenters. The number of benzene rings is 2. The van der Waals surface area contributed by atoms with E-state index in [9.17, 15) is 0 Å². The van der Waals surface area contributed by atoms with Crippen LogP contribution in [0.5, 0.6) is 0 Å². The lowest BCUT2D eigenvalue weighted by Gasteiger charge is -2.08. The summed E-state index contributed by atoms with van der Waals surface area (Å²) in [6.45, 7) is 2.78. The van der Waals surface area contributed by atoms with Crippen LogP contribution < -0.4 is 11.1 Å². The predicted octanol–water partition coefficient (Wildman–Crippen LogP) is 4.55. The van der Waals surface area contributed by atoms with E-state index in [1.54, 1.807) is 0 Å². The molecule has 1 aromatic heterocycles. The molecule has 0 saturated heterocycles. The number of guanidine groups is 1. The maximum Gasteiger partial charge on any atom is 0.193 e. The first-order chi connectivity index (χ1) is 12.2. The number of aliphatic imine (C=N–C) groups is 1. The lowest BCUT2D eigenvalue weighted by atomic mass is 10.1. The molecule has 5 heteroatoms. The highest BCUT2D eigenvalue weighted by atomic mass is 127. The van der Waals surface area contributed by atoms with Gasteiger partial charge in [0, 0.05) is 29.3 Å². The quantitative estimate of drug-likeness (QED) is 0.304. The molecular formula is C21H25IN4. The molecule has 3 aromatic rings. The summed E-state index contributed by atoms with van der Waals surface area (Å²) in [6.07, 6.45) is 6.57. The molecule has 0 saturated carbocycles. The second-order valence-electron chi connectivity index (χ2n) is 6.84. The standard InChI is InChI=1S/C21H24N4.HI/c1-14-5-8-19-17(13-24-20(19)11-14)9-10-23-21(22)25-18-7-6-15-3-2-4-16(15)12-18;/h5-8,11-13,24H,2-4,9-10H2,1H3,(H3,22,23,25);1H. The monoisotopic (exact) mass is 460 g/mol. The van der Waals surface area contributed by atoms with Crippen molar-refractivity contribution in [3.63, 3.8) is 0 Å². The molecule has 0 spiro atoms. The topological polar surface area (TPSA) is 66.2 Å². The summed E-state index contributed by atoms with van der Waals surface area (Å²) < 4.78 is 0. The minimum Gasteiger partial charge on any atom is -0.370 e. The number of aromatic amines is 1. The number of halogens is 1. The van der Waals surface area contributed by atoms with E-state index >= 15 is 0 Å². The van der Waals surface area contributed by atoms with Crippen molar-refractivity contribution in [3.8, 4) is 0 Å². The van der Waals surface area contributed by atoms with Gasteiger partial charge in [0.15, 0.2) is 5.96 Å². The number of H-pyrrole nitrogens is 1. The van der Waals surface area contributed by atoms with Gasteiger partial charge in [0.05, 0.1) is 0 Å². The molecule has 4 nitrogen and oxygen atoms in total. The molecular weight excluding hydrogens is 435 g/mol. The van der Waals surface area contributed by atoms with Gasteiger partial charge in [-0.25, -0.2) is 0 Å². The van der Waals surface area contributed by atoms with Crippen molar-refractivity contribution in [2.45, 2.75) is 32.6 Å². The van der Waals surface area contributed by atoms with Crippen LogP contribution in [0.25, 0.3) is 10.9 Å². The number of aryl methyl sites for hydroxylation is 3. The Balaban J connectivity index is 0.00000196. The Labute approximate surface area is 171 Å². The summed E-state index contributed by atoms with van der Waals surface area (Å²) in [5.74, 6) is 0.480. The first-order valence-electron chi connectivity index (χ1n) is 8.94. The van der Waals surface area contributed by atoms with Gasteiger partial charge in [0.2, 0.25) is 0 Å². The van der Waals surface area contributed by atoms with Crippen LogP contribution in [0.2, 0.25) is 0 Å². The number of rotatable bonds is 4.